The number of benzene rings is 1. The highest BCUT2D eigenvalue weighted by Crippen LogP contribution is 2.31. The van der Waals surface area contributed by atoms with Crippen LogP contribution < -0.4 is 10.1 Å². The van der Waals surface area contributed by atoms with Gasteiger partial charge < -0.3 is 10.1 Å². The number of aromatic nitrogens is 2. The Bertz CT molecular complexity index is 620. The van der Waals surface area contributed by atoms with Crippen LogP contribution in [0.5, 0.6) is 5.75 Å². The number of hydrogen-bond acceptors (Lipinski definition) is 3. The number of fused-ring (bicyclic) bond motifs is 1. The Morgan fingerprint density at radius 3 is 3.10 bits per heavy atom. The number of nitrogens with zero attached hydrogens (tertiary/aromatic N) is 2. The van der Waals surface area contributed by atoms with E-state index < -0.39 is 0 Å². The van der Waals surface area contributed by atoms with E-state index in [1.165, 1.54) is 29.7 Å². The monoisotopic (exact) mass is 285 g/mol. The van der Waals surface area contributed by atoms with Gasteiger partial charge in [-0.25, -0.2) is 0 Å². The standard InChI is InChI=1S/C17H23N3O/c1-12(13-6-4-7-14(10-13)21-3)19-16-8-5-9-17-15(16)11-18-20(17)2/h4,6-7,10-12,16,19H,5,8-9H2,1-3H3. The van der Waals surface area contributed by atoms with Gasteiger partial charge in [-0.3, -0.25) is 4.68 Å². The Labute approximate surface area is 126 Å². The van der Waals surface area contributed by atoms with Gasteiger partial charge in [0.15, 0.2) is 0 Å². The first kappa shape index (κ1) is 14.1. The van der Waals surface area contributed by atoms with Gasteiger partial charge in [-0.05, 0) is 43.9 Å². The van der Waals surface area contributed by atoms with Crippen LogP contribution in [-0.2, 0) is 13.5 Å². The minimum absolute atomic E-state index is 0.288. The maximum absolute atomic E-state index is 5.31. The molecule has 4 heteroatoms. The van der Waals surface area contributed by atoms with Gasteiger partial charge in [-0.15, -0.1) is 0 Å². The summed E-state index contributed by atoms with van der Waals surface area (Å²) in [5, 5.41) is 8.16. The van der Waals surface area contributed by atoms with E-state index in [1.807, 2.05) is 30.1 Å². The lowest BCUT2D eigenvalue weighted by Crippen LogP contribution is -2.27. The van der Waals surface area contributed by atoms with Crippen LogP contribution >= 0.6 is 0 Å². The summed E-state index contributed by atoms with van der Waals surface area (Å²) in [6.07, 6.45) is 5.55. The average molecular weight is 285 g/mol. The Balaban J connectivity index is 1.77. The molecule has 21 heavy (non-hydrogen) atoms. The fraction of sp³-hybridized carbons (Fsp3) is 0.471. The number of rotatable bonds is 4. The molecule has 0 amide bonds. The summed E-state index contributed by atoms with van der Waals surface area (Å²) in [6, 6.07) is 8.95. The molecule has 0 aliphatic heterocycles. The molecule has 1 aliphatic rings. The molecular weight excluding hydrogens is 262 g/mol. The van der Waals surface area contributed by atoms with E-state index in [9.17, 15) is 0 Å². The van der Waals surface area contributed by atoms with Crippen molar-refractivity contribution in [1.29, 1.82) is 0 Å². The van der Waals surface area contributed by atoms with Gasteiger partial charge in [0.2, 0.25) is 0 Å². The molecule has 1 aliphatic carbocycles. The largest absolute Gasteiger partial charge is 0.497 e. The summed E-state index contributed by atoms with van der Waals surface area (Å²) < 4.78 is 7.33. The SMILES string of the molecule is COc1cccc(C(C)NC2CCCc3c2cnn3C)c1. The molecule has 112 valence electrons. The molecule has 0 spiro atoms. The summed E-state index contributed by atoms with van der Waals surface area (Å²) in [5.41, 5.74) is 3.99. The normalized spacial score (nSPS) is 19.1. The van der Waals surface area contributed by atoms with Crippen LogP contribution in [0.4, 0.5) is 0 Å². The van der Waals surface area contributed by atoms with Gasteiger partial charge >= 0.3 is 0 Å². The molecule has 1 N–H and O–H groups in total. The van der Waals surface area contributed by atoms with Crippen molar-refractivity contribution in [1.82, 2.24) is 15.1 Å². The van der Waals surface area contributed by atoms with Crippen molar-refractivity contribution >= 4 is 0 Å². The Hall–Kier alpha value is -1.81. The molecule has 0 saturated carbocycles. The van der Waals surface area contributed by atoms with E-state index in [-0.39, 0.29) is 6.04 Å². The molecule has 0 saturated heterocycles. The van der Waals surface area contributed by atoms with Crippen molar-refractivity contribution < 1.29 is 4.74 Å². The maximum Gasteiger partial charge on any atom is 0.119 e. The van der Waals surface area contributed by atoms with Crippen molar-refractivity contribution in [3.8, 4) is 5.75 Å². The summed E-state index contributed by atoms with van der Waals surface area (Å²) in [5.74, 6) is 0.909. The van der Waals surface area contributed by atoms with E-state index in [0.717, 1.165) is 12.2 Å². The average Bonchev–Trinajstić information content (AvgIpc) is 2.90. The van der Waals surface area contributed by atoms with E-state index in [1.54, 1.807) is 7.11 Å². The second-order valence-corrected chi connectivity index (χ2v) is 5.78. The topological polar surface area (TPSA) is 39.1 Å². The van der Waals surface area contributed by atoms with Crippen LogP contribution in [0.2, 0.25) is 0 Å². The lowest BCUT2D eigenvalue weighted by atomic mass is 9.92. The molecule has 1 aromatic heterocycles. The second kappa shape index (κ2) is 5.90. The molecule has 2 unspecified atom stereocenters. The molecule has 2 atom stereocenters. The fourth-order valence-corrected chi connectivity index (χ4v) is 3.19. The van der Waals surface area contributed by atoms with Gasteiger partial charge in [0, 0.05) is 30.4 Å². The van der Waals surface area contributed by atoms with Crippen molar-refractivity contribution in [2.24, 2.45) is 7.05 Å². The lowest BCUT2D eigenvalue weighted by molar-refractivity contribution is 0.402. The molecule has 1 heterocycles. The molecule has 0 radical (unpaired) electrons. The van der Waals surface area contributed by atoms with Crippen molar-refractivity contribution in [3.63, 3.8) is 0 Å². The van der Waals surface area contributed by atoms with E-state index >= 15 is 0 Å². The van der Waals surface area contributed by atoms with Crippen molar-refractivity contribution in [2.45, 2.75) is 38.3 Å². The van der Waals surface area contributed by atoms with Crippen LogP contribution in [0.25, 0.3) is 0 Å². The van der Waals surface area contributed by atoms with Crippen molar-refractivity contribution in [3.05, 3.63) is 47.3 Å². The highest BCUT2D eigenvalue weighted by atomic mass is 16.5. The van der Waals surface area contributed by atoms with Crippen molar-refractivity contribution in [2.75, 3.05) is 7.11 Å². The minimum atomic E-state index is 0.288. The molecule has 4 nitrogen and oxygen atoms in total. The van der Waals surface area contributed by atoms with Gasteiger partial charge in [-0.2, -0.15) is 5.10 Å². The van der Waals surface area contributed by atoms with Gasteiger partial charge in [0.05, 0.1) is 13.3 Å². The first-order valence-corrected chi connectivity index (χ1v) is 7.60. The van der Waals surface area contributed by atoms with Gasteiger partial charge in [0.25, 0.3) is 0 Å². The van der Waals surface area contributed by atoms with E-state index in [2.05, 4.69) is 29.5 Å². The van der Waals surface area contributed by atoms with Crippen LogP contribution in [0.3, 0.4) is 0 Å². The quantitative estimate of drug-likeness (QED) is 0.938. The molecule has 3 rings (SSSR count). The van der Waals surface area contributed by atoms with Gasteiger partial charge in [-0.1, -0.05) is 12.1 Å². The van der Waals surface area contributed by atoms with Crippen LogP contribution in [-0.4, -0.2) is 16.9 Å². The molecule has 0 fully saturated rings. The number of methoxy groups -OCH3 is 1. The van der Waals surface area contributed by atoms with E-state index in [0.29, 0.717) is 6.04 Å². The Morgan fingerprint density at radius 2 is 2.29 bits per heavy atom. The number of ether oxygens (including phenoxy) is 1. The molecular formula is C17H23N3O. The lowest BCUT2D eigenvalue weighted by Gasteiger charge is -2.27. The molecule has 2 aromatic rings. The summed E-state index contributed by atoms with van der Waals surface area (Å²) >= 11 is 0. The summed E-state index contributed by atoms with van der Waals surface area (Å²) in [7, 11) is 3.74. The van der Waals surface area contributed by atoms with Gasteiger partial charge in [0.1, 0.15) is 5.75 Å². The third-order valence-corrected chi connectivity index (χ3v) is 4.42. The molecule has 0 bridgehead atoms. The van der Waals surface area contributed by atoms with Crippen LogP contribution in [0, 0.1) is 0 Å². The third-order valence-electron chi connectivity index (χ3n) is 4.42. The summed E-state index contributed by atoms with van der Waals surface area (Å²) in [6.45, 7) is 2.21. The van der Waals surface area contributed by atoms with Crippen LogP contribution in [0.1, 0.15) is 48.7 Å². The van der Waals surface area contributed by atoms with E-state index in [4.69, 9.17) is 4.74 Å². The summed E-state index contributed by atoms with van der Waals surface area (Å²) in [4.78, 5) is 0. The number of nitrogens with one attached hydrogen (secondary N) is 1. The minimum Gasteiger partial charge on any atom is -0.497 e. The zero-order valence-corrected chi connectivity index (χ0v) is 13.0. The first-order valence-electron chi connectivity index (χ1n) is 7.60. The Kier molecular flexibility index (Phi) is 3.97. The fourth-order valence-electron chi connectivity index (χ4n) is 3.19. The number of aryl methyl sites for hydroxylation is 1. The predicted molar refractivity (Wildman–Crippen MR) is 83.4 cm³/mol. The number of hydrogen-bond donors (Lipinski definition) is 1. The highest BCUT2D eigenvalue weighted by molar-refractivity contribution is 5.31. The Morgan fingerprint density at radius 1 is 1.43 bits per heavy atom. The highest BCUT2D eigenvalue weighted by Gasteiger charge is 2.24. The maximum atomic E-state index is 5.31. The molecule has 1 aromatic carbocycles. The van der Waals surface area contributed by atoms with Crippen LogP contribution in [0.15, 0.2) is 30.5 Å². The second-order valence-electron chi connectivity index (χ2n) is 5.78. The first-order chi connectivity index (χ1) is 10.2. The zero-order chi connectivity index (χ0) is 14.8. The smallest absolute Gasteiger partial charge is 0.119 e. The third kappa shape index (κ3) is 2.81. The predicted octanol–water partition coefficient (Wildman–Crippen LogP) is 3.16. The zero-order valence-electron chi connectivity index (χ0n) is 13.0.